The Hall–Kier alpha value is -3.47. The number of primary amides is 1. The van der Waals surface area contributed by atoms with Crippen LogP contribution in [0.15, 0.2) is 36.7 Å². The number of aromatic nitrogens is 4. The first kappa shape index (κ1) is 23.7. The number of amides is 2. The second kappa shape index (κ2) is 9.05. The van der Waals surface area contributed by atoms with E-state index in [0.717, 1.165) is 17.8 Å². The highest BCUT2D eigenvalue weighted by molar-refractivity contribution is 7.16. The van der Waals surface area contributed by atoms with Gasteiger partial charge in [0.15, 0.2) is 5.82 Å². The first-order valence-corrected chi connectivity index (χ1v) is 11.6. The van der Waals surface area contributed by atoms with Gasteiger partial charge in [-0.2, -0.15) is 0 Å². The van der Waals surface area contributed by atoms with Crippen LogP contribution in [0.4, 0.5) is 15.0 Å². The molecule has 0 bridgehead atoms. The van der Waals surface area contributed by atoms with E-state index in [9.17, 15) is 14.0 Å². The number of hydrogen-bond donors (Lipinski definition) is 1. The Bertz CT molecular complexity index is 1200. The van der Waals surface area contributed by atoms with E-state index in [0.29, 0.717) is 34.1 Å². The van der Waals surface area contributed by atoms with Crippen molar-refractivity contribution in [1.82, 2.24) is 20.2 Å². The van der Waals surface area contributed by atoms with Crippen molar-refractivity contribution in [2.24, 2.45) is 5.73 Å². The monoisotopic (exact) mass is 484 g/mol. The molecule has 1 saturated carbocycles. The molecule has 11 heteroatoms. The van der Waals surface area contributed by atoms with Gasteiger partial charge in [0.2, 0.25) is 0 Å². The van der Waals surface area contributed by atoms with E-state index < -0.39 is 28.8 Å². The molecule has 0 unspecified atom stereocenters. The van der Waals surface area contributed by atoms with E-state index in [1.54, 1.807) is 45.2 Å². The maximum atomic E-state index is 14.7. The smallest absolute Gasteiger partial charge is 0.416 e. The normalized spacial score (nSPS) is 14.8. The molecule has 3 aromatic heterocycles. The molecular weight excluding hydrogens is 459 g/mol. The van der Waals surface area contributed by atoms with Crippen LogP contribution in [0.3, 0.4) is 0 Å². The largest absolute Gasteiger partial charge is 0.443 e. The number of nitrogens with two attached hydrogens (primary N) is 1. The van der Waals surface area contributed by atoms with Crippen LogP contribution >= 0.6 is 11.3 Å². The zero-order valence-corrected chi connectivity index (χ0v) is 19.9. The first-order valence-electron chi connectivity index (χ1n) is 10.8. The third-order valence-electron chi connectivity index (χ3n) is 5.54. The molecule has 3 heterocycles. The zero-order chi connectivity index (χ0) is 24.5. The van der Waals surface area contributed by atoms with Gasteiger partial charge in [-0.25, -0.2) is 14.2 Å². The Labute approximate surface area is 200 Å². The van der Waals surface area contributed by atoms with Crippen molar-refractivity contribution in [2.75, 3.05) is 11.4 Å². The van der Waals surface area contributed by atoms with E-state index in [1.807, 2.05) is 0 Å². The Morgan fingerprint density at radius 3 is 2.50 bits per heavy atom. The van der Waals surface area contributed by atoms with Crippen LogP contribution in [0.1, 0.15) is 55.4 Å². The van der Waals surface area contributed by atoms with Gasteiger partial charge in [0.1, 0.15) is 27.0 Å². The number of rotatable bonds is 6. The van der Waals surface area contributed by atoms with Gasteiger partial charge in [0, 0.05) is 18.2 Å². The van der Waals surface area contributed by atoms with Crippen LogP contribution < -0.4 is 10.6 Å². The summed E-state index contributed by atoms with van der Waals surface area (Å²) in [6.45, 7) is 5.46. The standard InChI is InChI=1S/C23H25FN6O3S/c1-22(2,3)33-21(32)30(13-23(9-5-10-23)18-14(24)6-4-11-26-18)17-8-7-15(28-29-17)20-27-12-16(34-20)19(25)31/h4,6-8,11-12H,5,9-10,13H2,1-3H3,(H2,25,31). The third kappa shape index (κ3) is 4.89. The predicted molar refractivity (Wildman–Crippen MR) is 125 cm³/mol. The zero-order valence-electron chi connectivity index (χ0n) is 19.1. The van der Waals surface area contributed by atoms with Gasteiger partial charge in [-0.15, -0.1) is 21.5 Å². The highest BCUT2D eigenvalue weighted by Gasteiger charge is 2.45. The Kier molecular flexibility index (Phi) is 6.30. The number of thiazole rings is 1. The molecule has 1 aliphatic rings. The van der Waals surface area contributed by atoms with Gasteiger partial charge in [-0.05, 0) is 57.9 Å². The second-order valence-electron chi connectivity index (χ2n) is 9.20. The van der Waals surface area contributed by atoms with Crippen LogP contribution in [0.2, 0.25) is 0 Å². The maximum absolute atomic E-state index is 14.7. The van der Waals surface area contributed by atoms with E-state index in [-0.39, 0.29) is 12.4 Å². The molecule has 0 aliphatic heterocycles. The fourth-order valence-electron chi connectivity index (χ4n) is 3.80. The summed E-state index contributed by atoms with van der Waals surface area (Å²) in [7, 11) is 0. The van der Waals surface area contributed by atoms with Crippen LogP contribution in [-0.4, -0.2) is 44.3 Å². The van der Waals surface area contributed by atoms with Crippen LogP contribution in [0.25, 0.3) is 10.7 Å². The lowest BCUT2D eigenvalue weighted by Crippen LogP contribution is -2.50. The summed E-state index contributed by atoms with van der Waals surface area (Å²) in [6.07, 6.45) is 4.59. The van der Waals surface area contributed by atoms with E-state index in [1.165, 1.54) is 17.2 Å². The topological polar surface area (TPSA) is 124 Å². The third-order valence-corrected chi connectivity index (χ3v) is 6.58. The summed E-state index contributed by atoms with van der Waals surface area (Å²) in [5, 5.41) is 8.90. The van der Waals surface area contributed by atoms with E-state index >= 15 is 0 Å². The van der Waals surface area contributed by atoms with E-state index in [4.69, 9.17) is 10.5 Å². The highest BCUT2D eigenvalue weighted by atomic mass is 32.1. The van der Waals surface area contributed by atoms with Crippen molar-refractivity contribution in [1.29, 1.82) is 0 Å². The molecule has 0 spiro atoms. The number of anilines is 1. The number of carbonyl (C=O) groups is 2. The van der Waals surface area contributed by atoms with Gasteiger partial charge >= 0.3 is 6.09 Å². The summed E-state index contributed by atoms with van der Waals surface area (Å²) in [5.41, 5.74) is 4.68. The minimum Gasteiger partial charge on any atom is -0.443 e. The summed E-state index contributed by atoms with van der Waals surface area (Å²) in [4.78, 5) is 34.7. The Balaban J connectivity index is 1.67. The molecule has 2 N–H and O–H groups in total. The van der Waals surface area contributed by atoms with E-state index in [2.05, 4.69) is 20.2 Å². The van der Waals surface area contributed by atoms with Crippen molar-refractivity contribution >= 4 is 29.2 Å². The minimum atomic E-state index is -0.738. The first-order chi connectivity index (χ1) is 16.1. The summed E-state index contributed by atoms with van der Waals surface area (Å²) >= 11 is 1.10. The fourth-order valence-corrected chi connectivity index (χ4v) is 4.53. The van der Waals surface area contributed by atoms with Gasteiger partial charge in [-0.1, -0.05) is 6.42 Å². The average molecular weight is 485 g/mol. The molecule has 4 rings (SSSR count). The molecule has 2 amide bonds. The van der Waals surface area contributed by atoms with Crippen LogP contribution in [-0.2, 0) is 10.2 Å². The summed E-state index contributed by atoms with van der Waals surface area (Å²) < 4.78 is 20.3. The number of halogens is 1. The molecule has 178 valence electrons. The second-order valence-corrected chi connectivity index (χ2v) is 10.2. The maximum Gasteiger partial charge on any atom is 0.416 e. The van der Waals surface area contributed by atoms with Gasteiger partial charge < -0.3 is 10.5 Å². The van der Waals surface area contributed by atoms with Crippen LogP contribution in [0.5, 0.6) is 0 Å². The van der Waals surface area contributed by atoms with Crippen molar-refractivity contribution in [2.45, 2.75) is 51.0 Å². The SMILES string of the molecule is CC(C)(C)OC(=O)N(CC1(c2ncccc2F)CCC1)c1ccc(-c2ncc(C(N)=O)s2)nn1. The number of hydrogen-bond acceptors (Lipinski definition) is 8. The molecule has 34 heavy (non-hydrogen) atoms. The Morgan fingerprint density at radius 1 is 1.21 bits per heavy atom. The van der Waals surface area contributed by atoms with Crippen LogP contribution in [0, 0.1) is 5.82 Å². The minimum absolute atomic E-state index is 0.146. The lowest BCUT2D eigenvalue weighted by Gasteiger charge is -2.44. The molecule has 0 radical (unpaired) electrons. The van der Waals surface area contributed by atoms with Crippen molar-refractivity contribution in [3.05, 3.63) is 53.0 Å². The van der Waals surface area contributed by atoms with Crippen molar-refractivity contribution in [3.8, 4) is 10.7 Å². The van der Waals surface area contributed by atoms with Gasteiger partial charge in [0.05, 0.1) is 11.9 Å². The molecule has 1 aliphatic carbocycles. The number of ether oxygens (including phenoxy) is 1. The molecule has 0 aromatic carbocycles. The predicted octanol–water partition coefficient (Wildman–Crippen LogP) is 4.10. The molecule has 0 atom stereocenters. The number of pyridine rings is 1. The lowest BCUT2D eigenvalue weighted by molar-refractivity contribution is 0.0557. The molecule has 3 aromatic rings. The molecule has 0 saturated heterocycles. The van der Waals surface area contributed by atoms with Gasteiger partial charge in [0.25, 0.3) is 5.91 Å². The average Bonchev–Trinajstić information content (AvgIpc) is 3.24. The quantitative estimate of drug-likeness (QED) is 0.558. The Morgan fingerprint density at radius 2 is 1.97 bits per heavy atom. The molecular formula is C23H25FN6O3S. The van der Waals surface area contributed by atoms with Crippen molar-refractivity contribution in [3.63, 3.8) is 0 Å². The number of nitrogens with zero attached hydrogens (tertiary/aromatic N) is 5. The summed E-state index contributed by atoms with van der Waals surface area (Å²) in [5.74, 6) is -0.717. The highest BCUT2D eigenvalue weighted by Crippen LogP contribution is 2.45. The number of carbonyl (C=O) groups excluding carboxylic acids is 2. The van der Waals surface area contributed by atoms with Crippen molar-refractivity contribution < 1.29 is 18.7 Å². The molecule has 1 fully saturated rings. The summed E-state index contributed by atoms with van der Waals surface area (Å²) in [6, 6.07) is 6.20. The lowest BCUT2D eigenvalue weighted by atomic mass is 9.66. The van der Waals surface area contributed by atoms with Gasteiger partial charge in [-0.3, -0.25) is 14.7 Å². The fraction of sp³-hybridized carbons (Fsp3) is 0.391. The molecule has 9 nitrogen and oxygen atoms in total.